The normalized spacial score (nSPS) is 20.9. The molecule has 24 heavy (non-hydrogen) atoms. The molecule has 1 heterocycles. The lowest BCUT2D eigenvalue weighted by molar-refractivity contribution is -0.141. The van der Waals surface area contributed by atoms with Crippen molar-refractivity contribution in [2.75, 3.05) is 13.4 Å². The lowest BCUT2D eigenvalue weighted by Gasteiger charge is -2.28. The molecular formula is C16H21NO6S. The van der Waals surface area contributed by atoms with Crippen LogP contribution in [-0.4, -0.2) is 55.7 Å². The van der Waals surface area contributed by atoms with Crippen molar-refractivity contribution in [3.63, 3.8) is 0 Å². The van der Waals surface area contributed by atoms with E-state index in [1.807, 2.05) is 6.92 Å². The summed E-state index contributed by atoms with van der Waals surface area (Å²) in [7, 11) is -2.12. The lowest BCUT2D eigenvalue weighted by Crippen LogP contribution is -2.44. The number of methoxy groups -OCH3 is 1. The first-order valence-corrected chi connectivity index (χ1v) is 9.53. The minimum Gasteiger partial charge on any atom is -0.496 e. The van der Waals surface area contributed by atoms with Crippen LogP contribution in [0.2, 0.25) is 0 Å². The van der Waals surface area contributed by atoms with Crippen LogP contribution in [0, 0.1) is 0 Å². The Morgan fingerprint density at radius 1 is 1.33 bits per heavy atom. The maximum absolute atomic E-state index is 13.0. The Kier molecular flexibility index (Phi) is 5.17. The first-order valence-electron chi connectivity index (χ1n) is 7.64. The Balaban J connectivity index is 2.52. The van der Waals surface area contributed by atoms with Gasteiger partial charge in [0, 0.05) is 12.3 Å². The molecule has 0 saturated carbocycles. The molecule has 0 spiro atoms. The molecule has 1 aliphatic heterocycles. The first kappa shape index (κ1) is 18.3. The molecule has 1 aromatic rings. The van der Waals surface area contributed by atoms with Crippen LogP contribution in [0.15, 0.2) is 23.1 Å². The summed E-state index contributed by atoms with van der Waals surface area (Å²) in [4.78, 5) is 25.8. The van der Waals surface area contributed by atoms with Gasteiger partial charge in [0.25, 0.3) is 5.91 Å². The van der Waals surface area contributed by atoms with Gasteiger partial charge in [-0.1, -0.05) is 6.92 Å². The Morgan fingerprint density at radius 2 is 2.00 bits per heavy atom. The molecule has 1 N–H and O–H groups in total. The Labute approximate surface area is 141 Å². The number of carboxylic acids is 1. The van der Waals surface area contributed by atoms with Crippen molar-refractivity contribution >= 4 is 21.7 Å². The van der Waals surface area contributed by atoms with Crippen molar-refractivity contribution in [1.29, 1.82) is 0 Å². The number of carboxylic acid groups (broad SMARTS) is 1. The summed E-state index contributed by atoms with van der Waals surface area (Å²) < 4.78 is 28.7. The van der Waals surface area contributed by atoms with Gasteiger partial charge in [-0.15, -0.1) is 0 Å². The molecule has 7 nitrogen and oxygen atoms in total. The predicted octanol–water partition coefficient (Wildman–Crippen LogP) is 1.57. The molecule has 0 radical (unpaired) electrons. The van der Waals surface area contributed by atoms with E-state index in [0.29, 0.717) is 19.3 Å². The summed E-state index contributed by atoms with van der Waals surface area (Å²) in [5.74, 6) is -1.36. The molecule has 1 aliphatic rings. The number of nitrogens with zero attached hydrogens (tertiary/aromatic N) is 1. The van der Waals surface area contributed by atoms with Crippen molar-refractivity contribution < 1.29 is 27.9 Å². The van der Waals surface area contributed by atoms with E-state index in [1.54, 1.807) is 0 Å². The zero-order valence-electron chi connectivity index (χ0n) is 13.9. The summed E-state index contributed by atoms with van der Waals surface area (Å²) in [6, 6.07) is 2.93. The molecule has 8 heteroatoms. The minimum absolute atomic E-state index is 0.00855. The molecule has 0 aromatic heterocycles. The fraction of sp³-hybridized carbons (Fsp3) is 0.500. The van der Waals surface area contributed by atoms with Crippen molar-refractivity contribution in [3.8, 4) is 5.75 Å². The topological polar surface area (TPSA) is 101 Å². The number of benzene rings is 1. The van der Waals surface area contributed by atoms with Crippen molar-refractivity contribution in [3.05, 3.63) is 23.8 Å². The average molecular weight is 355 g/mol. The summed E-state index contributed by atoms with van der Waals surface area (Å²) in [5.41, 5.74) is 0.0621. The molecule has 1 amide bonds. The highest BCUT2D eigenvalue weighted by Crippen LogP contribution is 2.32. The smallest absolute Gasteiger partial charge is 0.326 e. The van der Waals surface area contributed by atoms with Crippen LogP contribution in [0.5, 0.6) is 5.75 Å². The maximum Gasteiger partial charge on any atom is 0.326 e. The molecule has 0 unspecified atom stereocenters. The zero-order chi connectivity index (χ0) is 18.1. The van der Waals surface area contributed by atoms with E-state index in [-0.39, 0.29) is 22.3 Å². The van der Waals surface area contributed by atoms with Crippen LogP contribution >= 0.6 is 0 Å². The van der Waals surface area contributed by atoms with Crippen molar-refractivity contribution in [1.82, 2.24) is 4.90 Å². The molecule has 1 saturated heterocycles. The Morgan fingerprint density at radius 3 is 2.50 bits per heavy atom. The third kappa shape index (κ3) is 3.38. The minimum atomic E-state index is -3.50. The van der Waals surface area contributed by atoms with E-state index in [4.69, 9.17) is 4.74 Å². The van der Waals surface area contributed by atoms with Gasteiger partial charge in [0.05, 0.1) is 17.6 Å². The van der Waals surface area contributed by atoms with Gasteiger partial charge in [0.1, 0.15) is 11.8 Å². The molecule has 2 rings (SSSR count). The van der Waals surface area contributed by atoms with Gasteiger partial charge in [-0.3, -0.25) is 4.79 Å². The molecule has 132 valence electrons. The number of ether oxygens (including phenoxy) is 1. The molecule has 1 aromatic carbocycles. The molecule has 0 bridgehead atoms. The number of sulfone groups is 1. The lowest BCUT2D eigenvalue weighted by atomic mass is 10.1. The predicted molar refractivity (Wildman–Crippen MR) is 87.0 cm³/mol. The van der Waals surface area contributed by atoms with E-state index in [1.165, 1.54) is 30.2 Å². The quantitative estimate of drug-likeness (QED) is 0.860. The van der Waals surface area contributed by atoms with Gasteiger partial charge in [0.15, 0.2) is 9.84 Å². The second-order valence-electron chi connectivity index (χ2n) is 5.84. The first-order chi connectivity index (χ1) is 11.2. The summed E-state index contributed by atoms with van der Waals surface area (Å²) in [6.07, 6.45) is 2.67. The maximum atomic E-state index is 13.0. The van der Waals surface area contributed by atoms with Crippen LogP contribution in [0.25, 0.3) is 0 Å². The summed E-state index contributed by atoms with van der Waals surface area (Å²) in [5, 5.41) is 9.38. The average Bonchev–Trinajstić information content (AvgIpc) is 2.96. The van der Waals surface area contributed by atoms with Gasteiger partial charge in [-0.05, 0) is 37.5 Å². The van der Waals surface area contributed by atoms with E-state index < -0.39 is 27.8 Å². The third-order valence-corrected chi connectivity index (χ3v) is 5.43. The van der Waals surface area contributed by atoms with Crippen LogP contribution < -0.4 is 4.74 Å². The van der Waals surface area contributed by atoms with E-state index in [9.17, 15) is 23.1 Å². The number of amides is 1. The van der Waals surface area contributed by atoms with Gasteiger partial charge >= 0.3 is 5.97 Å². The zero-order valence-corrected chi connectivity index (χ0v) is 14.7. The number of likely N-dealkylation sites (tertiary alicyclic amines) is 1. The second kappa shape index (κ2) is 6.80. The third-order valence-electron chi connectivity index (χ3n) is 4.32. The summed E-state index contributed by atoms with van der Waals surface area (Å²) in [6.45, 7) is 1.89. The van der Waals surface area contributed by atoms with Gasteiger partial charge < -0.3 is 14.7 Å². The fourth-order valence-corrected chi connectivity index (χ4v) is 3.70. The highest BCUT2D eigenvalue weighted by Gasteiger charge is 2.41. The van der Waals surface area contributed by atoms with Crippen LogP contribution in [0.1, 0.15) is 36.5 Å². The fourth-order valence-electron chi connectivity index (χ4n) is 3.06. The van der Waals surface area contributed by atoms with Crippen LogP contribution in [0.3, 0.4) is 0 Å². The number of hydrogen-bond donors (Lipinski definition) is 1. The highest BCUT2D eigenvalue weighted by molar-refractivity contribution is 7.90. The van der Waals surface area contributed by atoms with E-state index in [0.717, 1.165) is 6.26 Å². The van der Waals surface area contributed by atoms with Crippen molar-refractivity contribution in [2.24, 2.45) is 0 Å². The van der Waals surface area contributed by atoms with E-state index >= 15 is 0 Å². The number of hydrogen-bond acceptors (Lipinski definition) is 5. The molecule has 1 fully saturated rings. The number of carbonyl (C=O) groups excluding carboxylic acids is 1. The van der Waals surface area contributed by atoms with Gasteiger partial charge in [-0.25, -0.2) is 13.2 Å². The molecule has 0 aliphatic carbocycles. The van der Waals surface area contributed by atoms with Crippen molar-refractivity contribution in [2.45, 2.75) is 43.2 Å². The largest absolute Gasteiger partial charge is 0.496 e. The van der Waals surface area contributed by atoms with Crippen LogP contribution in [-0.2, 0) is 14.6 Å². The number of aliphatic carboxylic acids is 1. The monoisotopic (exact) mass is 355 g/mol. The number of carbonyl (C=O) groups is 2. The van der Waals surface area contributed by atoms with E-state index in [2.05, 4.69) is 0 Å². The molecular weight excluding hydrogens is 334 g/mol. The summed E-state index contributed by atoms with van der Waals surface area (Å²) >= 11 is 0. The molecule has 2 atom stereocenters. The highest BCUT2D eigenvalue weighted by atomic mass is 32.2. The Bertz CT molecular complexity index is 758. The second-order valence-corrected chi connectivity index (χ2v) is 7.86. The Hall–Kier alpha value is -2.09. The standard InChI is InChI=1S/C16H21NO6S/c1-4-10-5-7-13(16(19)20)17(10)15(18)12-9-11(24(3,21)22)6-8-14(12)23-2/h6,8-10,13H,4-5,7H2,1-3H3,(H,19,20)/t10-,13-/m1/s1. The van der Waals surface area contributed by atoms with Crippen LogP contribution in [0.4, 0.5) is 0 Å². The van der Waals surface area contributed by atoms with Gasteiger partial charge in [-0.2, -0.15) is 0 Å². The number of rotatable bonds is 5. The van der Waals surface area contributed by atoms with Gasteiger partial charge in [0.2, 0.25) is 0 Å². The SMILES string of the molecule is CC[C@@H]1CC[C@H](C(=O)O)N1C(=O)c1cc(S(C)(=O)=O)ccc1OC.